The molecule has 28 heavy (non-hydrogen) atoms. The number of hydrogen-bond donors (Lipinski definition) is 1. The predicted octanol–water partition coefficient (Wildman–Crippen LogP) is 2.00. The molecule has 7 heteroatoms. The first-order chi connectivity index (χ1) is 13.3. The Bertz CT molecular complexity index is 789. The van der Waals surface area contributed by atoms with E-state index in [-0.39, 0.29) is 31.4 Å². The van der Waals surface area contributed by atoms with Crippen molar-refractivity contribution in [3.8, 4) is 0 Å². The number of benzene rings is 1. The van der Waals surface area contributed by atoms with E-state index in [0.717, 1.165) is 16.8 Å². The lowest BCUT2D eigenvalue weighted by atomic mass is 9.80. The first kappa shape index (κ1) is 20.3. The molecule has 2 unspecified atom stereocenters. The normalized spacial score (nSPS) is 25.2. The summed E-state index contributed by atoms with van der Waals surface area (Å²) in [5.74, 6) is -1.58. The highest BCUT2D eigenvalue weighted by Crippen LogP contribution is 2.34. The molecule has 3 rings (SSSR count). The molecule has 2 heterocycles. The SMILES string of the molecule is COCC1(C(=O)O)CCCN(C(=O)C2CC(=O)N(c3cccc(C)c3C)C2)C1. The third kappa shape index (κ3) is 3.63. The largest absolute Gasteiger partial charge is 0.481 e. The van der Waals surface area contributed by atoms with E-state index in [9.17, 15) is 19.5 Å². The first-order valence-corrected chi connectivity index (χ1v) is 9.67. The molecule has 2 amide bonds. The van der Waals surface area contributed by atoms with Crippen molar-refractivity contribution < 1.29 is 24.2 Å². The van der Waals surface area contributed by atoms with Crippen LogP contribution in [0.15, 0.2) is 18.2 Å². The maximum Gasteiger partial charge on any atom is 0.313 e. The summed E-state index contributed by atoms with van der Waals surface area (Å²) in [6, 6.07) is 5.82. The van der Waals surface area contributed by atoms with Gasteiger partial charge in [0.1, 0.15) is 5.41 Å². The minimum Gasteiger partial charge on any atom is -0.481 e. The van der Waals surface area contributed by atoms with Gasteiger partial charge in [0, 0.05) is 38.9 Å². The Balaban J connectivity index is 1.75. The van der Waals surface area contributed by atoms with Crippen LogP contribution in [-0.2, 0) is 19.1 Å². The van der Waals surface area contributed by atoms with E-state index in [0.29, 0.717) is 25.9 Å². The lowest BCUT2D eigenvalue weighted by Gasteiger charge is -2.40. The van der Waals surface area contributed by atoms with Crippen LogP contribution in [-0.4, -0.2) is 61.1 Å². The third-order valence-electron chi connectivity index (χ3n) is 6.10. The van der Waals surface area contributed by atoms with Crippen molar-refractivity contribution in [3.05, 3.63) is 29.3 Å². The Morgan fingerprint density at radius 3 is 2.75 bits per heavy atom. The van der Waals surface area contributed by atoms with Gasteiger partial charge in [-0.2, -0.15) is 0 Å². The number of hydrogen-bond acceptors (Lipinski definition) is 4. The fourth-order valence-corrected chi connectivity index (χ4v) is 4.34. The van der Waals surface area contributed by atoms with E-state index < -0.39 is 17.3 Å². The molecule has 0 spiro atoms. The molecule has 2 saturated heterocycles. The second-order valence-corrected chi connectivity index (χ2v) is 8.01. The number of aryl methyl sites for hydroxylation is 1. The molecule has 1 aromatic rings. The lowest BCUT2D eigenvalue weighted by molar-refractivity contribution is -0.160. The molecular weight excluding hydrogens is 360 g/mol. The number of amides is 2. The summed E-state index contributed by atoms with van der Waals surface area (Å²) in [4.78, 5) is 40.9. The van der Waals surface area contributed by atoms with Gasteiger partial charge in [-0.15, -0.1) is 0 Å². The fraction of sp³-hybridized carbons (Fsp3) is 0.571. The average Bonchev–Trinajstić information content (AvgIpc) is 3.05. The highest BCUT2D eigenvalue weighted by Gasteiger charge is 2.46. The van der Waals surface area contributed by atoms with Crippen molar-refractivity contribution in [2.45, 2.75) is 33.1 Å². The maximum atomic E-state index is 13.1. The van der Waals surface area contributed by atoms with Crippen molar-refractivity contribution in [2.24, 2.45) is 11.3 Å². The van der Waals surface area contributed by atoms with E-state index in [1.807, 2.05) is 32.0 Å². The minimum atomic E-state index is -1.07. The maximum absolute atomic E-state index is 13.1. The van der Waals surface area contributed by atoms with Gasteiger partial charge in [0.2, 0.25) is 11.8 Å². The zero-order valence-electron chi connectivity index (χ0n) is 16.7. The molecule has 0 saturated carbocycles. The monoisotopic (exact) mass is 388 g/mol. The molecule has 2 aliphatic rings. The first-order valence-electron chi connectivity index (χ1n) is 9.67. The van der Waals surface area contributed by atoms with Gasteiger partial charge in [-0.05, 0) is 43.9 Å². The Kier molecular flexibility index (Phi) is 5.74. The number of anilines is 1. The number of carboxylic acid groups (broad SMARTS) is 1. The molecule has 0 aromatic heterocycles. The summed E-state index contributed by atoms with van der Waals surface area (Å²) in [7, 11) is 1.48. The number of carbonyl (C=O) groups excluding carboxylic acids is 2. The van der Waals surface area contributed by atoms with E-state index in [2.05, 4.69) is 0 Å². The molecule has 2 atom stereocenters. The van der Waals surface area contributed by atoms with E-state index in [4.69, 9.17) is 4.74 Å². The molecule has 1 N–H and O–H groups in total. The topological polar surface area (TPSA) is 87.1 Å². The molecule has 0 bridgehead atoms. The molecule has 7 nitrogen and oxygen atoms in total. The van der Waals surface area contributed by atoms with Crippen molar-refractivity contribution in [1.82, 2.24) is 4.90 Å². The minimum absolute atomic E-state index is 0.0644. The number of ether oxygens (including phenoxy) is 1. The quantitative estimate of drug-likeness (QED) is 0.834. The number of piperidine rings is 1. The Morgan fingerprint density at radius 1 is 1.32 bits per heavy atom. The van der Waals surface area contributed by atoms with Crippen molar-refractivity contribution in [3.63, 3.8) is 0 Å². The smallest absolute Gasteiger partial charge is 0.313 e. The standard InChI is InChI=1S/C21H28N2O5/c1-14-6-4-7-17(15(14)2)23-11-16(10-18(23)24)19(25)22-9-5-8-21(12-22,13-28-3)20(26)27/h4,6-7,16H,5,8-13H2,1-3H3,(H,26,27). The van der Waals surface area contributed by atoms with Crippen LogP contribution in [0.4, 0.5) is 5.69 Å². The summed E-state index contributed by atoms with van der Waals surface area (Å²) >= 11 is 0. The lowest BCUT2D eigenvalue weighted by Crippen LogP contribution is -2.53. The van der Waals surface area contributed by atoms with Crippen LogP contribution in [0.25, 0.3) is 0 Å². The summed E-state index contributed by atoms with van der Waals surface area (Å²) in [5.41, 5.74) is 1.91. The number of carbonyl (C=O) groups is 3. The highest BCUT2D eigenvalue weighted by molar-refractivity contribution is 6.01. The summed E-state index contributed by atoms with van der Waals surface area (Å²) in [5, 5.41) is 9.69. The molecule has 0 radical (unpaired) electrons. The van der Waals surface area contributed by atoms with Crippen molar-refractivity contribution >= 4 is 23.5 Å². The van der Waals surface area contributed by atoms with Crippen LogP contribution in [0.5, 0.6) is 0 Å². The molecule has 2 aliphatic heterocycles. The van der Waals surface area contributed by atoms with Gasteiger partial charge in [0.05, 0.1) is 12.5 Å². The van der Waals surface area contributed by atoms with Crippen LogP contribution in [0.2, 0.25) is 0 Å². The fourth-order valence-electron chi connectivity index (χ4n) is 4.34. The number of rotatable bonds is 5. The number of carboxylic acids is 1. The second-order valence-electron chi connectivity index (χ2n) is 8.01. The van der Waals surface area contributed by atoms with E-state index in [1.54, 1.807) is 9.80 Å². The van der Waals surface area contributed by atoms with Gasteiger partial charge in [0.25, 0.3) is 0 Å². The van der Waals surface area contributed by atoms with Gasteiger partial charge >= 0.3 is 5.97 Å². The van der Waals surface area contributed by atoms with E-state index in [1.165, 1.54) is 7.11 Å². The highest BCUT2D eigenvalue weighted by atomic mass is 16.5. The number of aliphatic carboxylic acids is 1. The van der Waals surface area contributed by atoms with Gasteiger partial charge in [0.15, 0.2) is 0 Å². The van der Waals surface area contributed by atoms with E-state index >= 15 is 0 Å². The molecule has 152 valence electrons. The summed E-state index contributed by atoms with van der Waals surface area (Å²) in [6.07, 6.45) is 1.26. The van der Waals surface area contributed by atoms with Crippen LogP contribution in [0.3, 0.4) is 0 Å². The van der Waals surface area contributed by atoms with Crippen LogP contribution < -0.4 is 4.90 Å². The van der Waals surface area contributed by atoms with Gasteiger partial charge in [-0.25, -0.2) is 0 Å². The summed E-state index contributed by atoms with van der Waals surface area (Å²) < 4.78 is 5.13. The molecule has 2 fully saturated rings. The van der Waals surface area contributed by atoms with Gasteiger partial charge < -0.3 is 19.6 Å². The molecule has 1 aromatic carbocycles. The van der Waals surface area contributed by atoms with Crippen LogP contribution in [0.1, 0.15) is 30.4 Å². The molecular formula is C21H28N2O5. The predicted molar refractivity (Wildman–Crippen MR) is 104 cm³/mol. The number of nitrogens with zero attached hydrogens (tertiary/aromatic N) is 2. The van der Waals surface area contributed by atoms with Crippen molar-refractivity contribution in [1.29, 1.82) is 0 Å². The summed E-state index contributed by atoms with van der Waals surface area (Å²) in [6.45, 7) is 5.03. The third-order valence-corrected chi connectivity index (χ3v) is 6.10. The zero-order chi connectivity index (χ0) is 20.5. The Morgan fingerprint density at radius 2 is 2.07 bits per heavy atom. The molecule has 0 aliphatic carbocycles. The number of likely N-dealkylation sites (tertiary alicyclic amines) is 1. The van der Waals surface area contributed by atoms with Crippen molar-refractivity contribution in [2.75, 3.05) is 38.3 Å². The number of methoxy groups -OCH3 is 1. The zero-order valence-corrected chi connectivity index (χ0v) is 16.7. The Hall–Kier alpha value is -2.41. The Labute approximate surface area is 165 Å². The average molecular weight is 388 g/mol. The van der Waals surface area contributed by atoms with Crippen LogP contribution >= 0.6 is 0 Å². The second kappa shape index (κ2) is 7.91. The van der Waals surface area contributed by atoms with Gasteiger partial charge in [-0.3, -0.25) is 14.4 Å². The van der Waals surface area contributed by atoms with Gasteiger partial charge in [-0.1, -0.05) is 12.1 Å². The van der Waals surface area contributed by atoms with Crippen LogP contribution in [0, 0.1) is 25.2 Å².